The molecular formula is C20H16ClN. The van der Waals surface area contributed by atoms with Crippen LogP contribution in [0.15, 0.2) is 48.5 Å². The van der Waals surface area contributed by atoms with E-state index in [0.717, 1.165) is 11.6 Å². The molecule has 0 N–H and O–H groups in total. The Labute approximate surface area is 134 Å². The zero-order valence-corrected chi connectivity index (χ0v) is 13.0. The van der Waals surface area contributed by atoms with Crippen molar-refractivity contribution in [3.63, 3.8) is 0 Å². The standard InChI is InChI=1S/C20H16ClN/c21-15-9-8-13-11-14-5-3-4-10-22-18-7-2-1-6-16(18)19(20(14)22)17(13)12-15/h1-2,6-9,11-12H,3-5,10H2. The molecule has 0 radical (unpaired) electrons. The molecule has 1 aliphatic rings. The van der Waals surface area contributed by atoms with Crippen LogP contribution >= 0.6 is 11.6 Å². The molecule has 0 bridgehead atoms. The summed E-state index contributed by atoms with van der Waals surface area (Å²) in [5.41, 5.74) is 4.26. The Kier molecular flexibility index (Phi) is 2.57. The molecule has 1 aromatic heterocycles. The number of halogens is 1. The van der Waals surface area contributed by atoms with Gasteiger partial charge in [0, 0.05) is 27.9 Å². The summed E-state index contributed by atoms with van der Waals surface area (Å²) >= 11 is 6.29. The van der Waals surface area contributed by atoms with Crippen LogP contribution in [-0.2, 0) is 13.0 Å². The van der Waals surface area contributed by atoms with Crippen molar-refractivity contribution in [1.29, 1.82) is 0 Å². The minimum absolute atomic E-state index is 0.813. The highest BCUT2D eigenvalue weighted by Gasteiger charge is 2.18. The number of nitrogens with zero attached hydrogens (tertiary/aromatic N) is 1. The summed E-state index contributed by atoms with van der Waals surface area (Å²) in [6.45, 7) is 1.11. The van der Waals surface area contributed by atoms with Crippen LogP contribution in [0.1, 0.15) is 18.4 Å². The molecule has 1 nitrogen and oxygen atoms in total. The van der Waals surface area contributed by atoms with Gasteiger partial charge in [0.25, 0.3) is 0 Å². The summed E-state index contributed by atoms with van der Waals surface area (Å²) in [6.07, 6.45) is 3.69. The van der Waals surface area contributed by atoms with Crippen LogP contribution in [-0.4, -0.2) is 4.57 Å². The average molecular weight is 306 g/mol. The van der Waals surface area contributed by atoms with Gasteiger partial charge in [0.2, 0.25) is 0 Å². The summed E-state index contributed by atoms with van der Waals surface area (Å²) in [6, 6.07) is 17.4. The van der Waals surface area contributed by atoms with Gasteiger partial charge in [0.05, 0.1) is 5.52 Å². The fraction of sp³-hybridized carbons (Fsp3) is 0.200. The molecule has 5 rings (SSSR count). The molecule has 0 saturated heterocycles. The molecule has 2 heterocycles. The molecule has 4 aromatic rings. The first-order chi connectivity index (χ1) is 10.8. The van der Waals surface area contributed by atoms with Gasteiger partial charge in [-0.05, 0) is 59.9 Å². The number of aryl methyl sites for hydroxylation is 2. The van der Waals surface area contributed by atoms with Crippen LogP contribution in [0.5, 0.6) is 0 Å². The second-order valence-corrected chi connectivity index (χ2v) is 6.69. The van der Waals surface area contributed by atoms with Crippen LogP contribution in [0.4, 0.5) is 0 Å². The van der Waals surface area contributed by atoms with E-state index < -0.39 is 0 Å². The molecule has 0 fully saturated rings. The van der Waals surface area contributed by atoms with Gasteiger partial charge in [0.1, 0.15) is 0 Å². The fourth-order valence-electron chi connectivity index (χ4n) is 4.05. The predicted molar refractivity (Wildman–Crippen MR) is 94.9 cm³/mol. The Balaban J connectivity index is 2.13. The lowest BCUT2D eigenvalue weighted by Crippen LogP contribution is -1.95. The largest absolute Gasteiger partial charge is 0.340 e. The van der Waals surface area contributed by atoms with Gasteiger partial charge < -0.3 is 4.57 Å². The van der Waals surface area contributed by atoms with Crippen molar-refractivity contribution in [2.75, 3.05) is 0 Å². The second-order valence-electron chi connectivity index (χ2n) is 6.25. The molecule has 22 heavy (non-hydrogen) atoms. The molecule has 2 heteroatoms. The van der Waals surface area contributed by atoms with Crippen molar-refractivity contribution in [2.24, 2.45) is 0 Å². The van der Waals surface area contributed by atoms with E-state index in [1.165, 1.54) is 57.4 Å². The van der Waals surface area contributed by atoms with E-state index in [2.05, 4.69) is 47.0 Å². The first kappa shape index (κ1) is 12.5. The van der Waals surface area contributed by atoms with Crippen molar-refractivity contribution in [2.45, 2.75) is 25.8 Å². The first-order valence-corrected chi connectivity index (χ1v) is 8.33. The van der Waals surface area contributed by atoms with Gasteiger partial charge in [-0.1, -0.05) is 35.9 Å². The Morgan fingerprint density at radius 2 is 1.82 bits per heavy atom. The van der Waals surface area contributed by atoms with E-state index in [9.17, 15) is 0 Å². The quantitative estimate of drug-likeness (QED) is 0.379. The summed E-state index contributed by atoms with van der Waals surface area (Å²) < 4.78 is 2.52. The predicted octanol–water partition coefficient (Wildman–Crippen LogP) is 5.94. The van der Waals surface area contributed by atoms with E-state index in [0.29, 0.717) is 0 Å². The van der Waals surface area contributed by atoms with E-state index >= 15 is 0 Å². The molecule has 108 valence electrons. The maximum atomic E-state index is 6.29. The summed E-state index contributed by atoms with van der Waals surface area (Å²) in [5, 5.41) is 6.13. The van der Waals surface area contributed by atoms with Crippen molar-refractivity contribution < 1.29 is 0 Å². The Bertz CT molecular complexity index is 1040. The van der Waals surface area contributed by atoms with Crippen molar-refractivity contribution in [1.82, 2.24) is 4.57 Å². The Hall–Kier alpha value is -1.99. The molecule has 1 aliphatic heterocycles. The monoisotopic (exact) mass is 305 g/mol. The fourth-order valence-corrected chi connectivity index (χ4v) is 4.22. The zero-order chi connectivity index (χ0) is 14.7. The molecular weight excluding hydrogens is 290 g/mol. The van der Waals surface area contributed by atoms with Gasteiger partial charge in [-0.15, -0.1) is 0 Å². The van der Waals surface area contributed by atoms with Crippen LogP contribution in [0, 0.1) is 0 Å². The summed E-state index contributed by atoms with van der Waals surface area (Å²) in [4.78, 5) is 0. The van der Waals surface area contributed by atoms with Gasteiger partial charge in [-0.25, -0.2) is 0 Å². The summed E-state index contributed by atoms with van der Waals surface area (Å²) in [5.74, 6) is 0. The van der Waals surface area contributed by atoms with Crippen LogP contribution in [0.25, 0.3) is 32.6 Å². The van der Waals surface area contributed by atoms with E-state index in [-0.39, 0.29) is 0 Å². The van der Waals surface area contributed by atoms with E-state index in [1.54, 1.807) is 0 Å². The van der Waals surface area contributed by atoms with Crippen LogP contribution in [0.2, 0.25) is 5.02 Å². The Morgan fingerprint density at radius 3 is 2.77 bits per heavy atom. The molecule has 0 aliphatic carbocycles. The normalized spacial score (nSPS) is 14.8. The summed E-state index contributed by atoms with van der Waals surface area (Å²) in [7, 11) is 0. The van der Waals surface area contributed by atoms with Crippen LogP contribution in [0.3, 0.4) is 0 Å². The molecule has 3 aromatic carbocycles. The topological polar surface area (TPSA) is 4.93 Å². The number of fused-ring (bicyclic) bond motifs is 5. The highest BCUT2D eigenvalue weighted by atomic mass is 35.5. The zero-order valence-electron chi connectivity index (χ0n) is 12.3. The third-order valence-corrected chi connectivity index (χ3v) is 5.20. The number of para-hydroxylation sites is 1. The second kappa shape index (κ2) is 4.50. The van der Waals surface area contributed by atoms with Crippen molar-refractivity contribution >= 4 is 44.2 Å². The van der Waals surface area contributed by atoms with Crippen molar-refractivity contribution in [3.05, 3.63) is 59.1 Å². The average Bonchev–Trinajstić information content (AvgIpc) is 2.72. The molecule has 0 amide bonds. The van der Waals surface area contributed by atoms with Gasteiger partial charge in [-0.3, -0.25) is 0 Å². The number of rotatable bonds is 0. The first-order valence-electron chi connectivity index (χ1n) is 7.95. The third kappa shape index (κ3) is 1.60. The SMILES string of the molecule is Clc1ccc2cc3c4c(c2c1)c1ccccc1n4CCCC3. The number of aromatic nitrogens is 1. The highest BCUT2D eigenvalue weighted by molar-refractivity contribution is 6.32. The lowest BCUT2D eigenvalue weighted by molar-refractivity contribution is 0.657. The molecule has 0 atom stereocenters. The molecule has 0 saturated carbocycles. The van der Waals surface area contributed by atoms with Crippen LogP contribution < -0.4 is 0 Å². The van der Waals surface area contributed by atoms with Gasteiger partial charge in [0.15, 0.2) is 0 Å². The minimum atomic E-state index is 0.813. The van der Waals surface area contributed by atoms with Gasteiger partial charge >= 0.3 is 0 Å². The number of hydrogen-bond donors (Lipinski definition) is 0. The molecule has 0 spiro atoms. The Morgan fingerprint density at radius 1 is 0.909 bits per heavy atom. The van der Waals surface area contributed by atoms with E-state index in [4.69, 9.17) is 11.6 Å². The minimum Gasteiger partial charge on any atom is -0.340 e. The highest BCUT2D eigenvalue weighted by Crippen LogP contribution is 2.39. The molecule has 0 unspecified atom stereocenters. The number of hydrogen-bond acceptors (Lipinski definition) is 0. The maximum absolute atomic E-state index is 6.29. The van der Waals surface area contributed by atoms with Gasteiger partial charge in [-0.2, -0.15) is 0 Å². The maximum Gasteiger partial charge on any atom is 0.0530 e. The lowest BCUT2D eigenvalue weighted by Gasteiger charge is -2.08. The smallest absolute Gasteiger partial charge is 0.0530 e. The lowest BCUT2D eigenvalue weighted by atomic mass is 9.98. The number of benzene rings is 3. The third-order valence-electron chi connectivity index (χ3n) is 4.97. The van der Waals surface area contributed by atoms with Crippen molar-refractivity contribution in [3.8, 4) is 0 Å². The van der Waals surface area contributed by atoms with E-state index in [1.807, 2.05) is 6.07 Å².